The molecule has 2 aliphatic heterocycles. The Kier molecular flexibility index (Phi) is 4.29. The molecule has 1 unspecified atom stereocenters. The van der Waals surface area contributed by atoms with Crippen LogP contribution in [-0.4, -0.2) is 29.9 Å². The molecule has 2 aliphatic rings. The highest BCUT2D eigenvalue weighted by Gasteiger charge is 2.30. The van der Waals surface area contributed by atoms with Crippen molar-refractivity contribution in [2.24, 2.45) is 0 Å². The van der Waals surface area contributed by atoms with Crippen molar-refractivity contribution in [3.63, 3.8) is 0 Å². The summed E-state index contributed by atoms with van der Waals surface area (Å²) < 4.78 is 10.7. The van der Waals surface area contributed by atoms with E-state index in [0.29, 0.717) is 17.2 Å². The van der Waals surface area contributed by atoms with E-state index in [-0.39, 0.29) is 18.1 Å². The number of hydrogen-bond acceptors (Lipinski definition) is 4. The maximum Gasteiger partial charge on any atom is 0.231 e. The topological polar surface area (TPSA) is 38.8 Å². The first kappa shape index (κ1) is 15.7. The van der Waals surface area contributed by atoms with Gasteiger partial charge in [0.15, 0.2) is 11.5 Å². The molecule has 6 heteroatoms. The highest BCUT2D eigenvalue weighted by molar-refractivity contribution is 7.99. The molecule has 24 heavy (non-hydrogen) atoms. The van der Waals surface area contributed by atoms with Gasteiger partial charge in [-0.15, -0.1) is 11.8 Å². The van der Waals surface area contributed by atoms with E-state index in [9.17, 15) is 4.79 Å². The summed E-state index contributed by atoms with van der Waals surface area (Å²) >= 11 is 7.75. The number of carbonyl (C=O) groups excluding carboxylic acids is 1. The van der Waals surface area contributed by atoms with E-state index < -0.39 is 0 Å². The minimum Gasteiger partial charge on any atom is -0.454 e. The predicted molar refractivity (Wildman–Crippen MR) is 94.6 cm³/mol. The van der Waals surface area contributed by atoms with Gasteiger partial charge in [0.25, 0.3) is 0 Å². The fraction of sp³-hybridized carbons (Fsp3) is 0.278. The molecule has 1 fully saturated rings. The number of carbonyl (C=O) groups is 1. The summed E-state index contributed by atoms with van der Waals surface area (Å²) in [6, 6.07) is 13.4. The molecule has 0 radical (unpaired) electrons. The molecular formula is C18H16ClNO3S. The number of fused-ring (bicyclic) bond motifs is 1. The summed E-state index contributed by atoms with van der Waals surface area (Å²) in [6.45, 7) is 1.01. The van der Waals surface area contributed by atoms with Gasteiger partial charge in [0.05, 0.1) is 6.42 Å². The number of benzene rings is 2. The third kappa shape index (κ3) is 3.06. The minimum atomic E-state index is 0.0591. The van der Waals surface area contributed by atoms with E-state index in [1.165, 1.54) is 0 Å². The molecule has 1 amide bonds. The van der Waals surface area contributed by atoms with Crippen molar-refractivity contribution in [2.75, 3.05) is 19.1 Å². The molecule has 2 heterocycles. The third-order valence-electron chi connectivity index (χ3n) is 4.16. The summed E-state index contributed by atoms with van der Waals surface area (Å²) in [6.07, 6.45) is 0.362. The molecule has 2 aromatic rings. The quantitative estimate of drug-likeness (QED) is 0.831. The second-order valence-corrected chi connectivity index (χ2v) is 7.35. The lowest BCUT2D eigenvalue weighted by atomic mass is 10.1. The van der Waals surface area contributed by atoms with E-state index in [1.807, 2.05) is 47.4 Å². The van der Waals surface area contributed by atoms with E-state index in [4.69, 9.17) is 21.1 Å². The molecular weight excluding hydrogens is 346 g/mol. The smallest absolute Gasteiger partial charge is 0.231 e. The molecule has 0 N–H and O–H groups in total. The molecule has 0 spiro atoms. The Morgan fingerprint density at radius 1 is 1.17 bits per heavy atom. The first-order valence-corrected chi connectivity index (χ1v) is 9.18. The van der Waals surface area contributed by atoms with E-state index in [0.717, 1.165) is 29.2 Å². The van der Waals surface area contributed by atoms with Crippen molar-refractivity contribution in [3.05, 3.63) is 58.6 Å². The van der Waals surface area contributed by atoms with Gasteiger partial charge in [-0.1, -0.05) is 29.8 Å². The van der Waals surface area contributed by atoms with Crippen LogP contribution in [0, 0.1) is 0 Å². The maximum atomic E-state index is 12.8. The van der Waals surface area contributed by atoms with Gasteiger partial charge in [-0.2, -0.15) is 0 Å². The SMILES string of the molecule is O=C(Cc1ccc2c(c1)OCO2)N1CCSC1c1ccc(Cl)cc1. The van der Waals surface area contributed by atoms with Crippen LogP contribution in [0.3, 0.4) is 0 Å². The van der Waals surface area contributed by atoms with Crippen LogP contribution in [0.4, 0.5) is 0 Å². The van der Waals surface area contributed by atoms with Crippen LogP contribution >= 0.6 is 23.4 Å². The molecule has 1 atom stereocenters. The Bertz CT molecular complexity index is 765. The molecule has 0 aliphatic carbocycles. The van der Waals surface area contributed by atoms with Crippen molar-refractivity contribution in [1.29, 1.82) is 0 Å². The molecule has 0 bridgehead atoms. The van der Waals surface area contributed by atoms with Crippen LogP contribution in [0.1, 0.15) is 16.5 Å². The van der Waals surface area contributed by atoms with Crippen molar-refractivity contribution >= 4 is 29.3 Å². The van der Waals surface area contributed by atoms with Crippen molar-refractivity contribution in [2.45, 2.75) is 11.8 Å². The molecule has 4 rings (SSSR count). The monoisotopic (exact) mass is 361 g/mol. The maximum absolute atomic E-state index is 12.8. The Balaban J connectivity index is 1.50. The predicted octanol–water partition coefficient (Wildman–Crippen LogP) is 3.89. The molecule has 4 nitrogen and oxygen atoms in total. The highest BCUT2D eigenvalue weighted by Crippen LogP contribution is 2.39. The van der Waals surface area contributed by atoms with Crippen molar-refractivity contribution in [3.8, 4) is 11.5 Å². The number of rotatable bonds is 3. The number of hydrogen-bond donors (Lipinski definition) is 0. The number of ether oxygens (including phenoxy) is 2. The van der Waals surface area contributed by atoms with Crippen LogP contribution in [0.5, 0.6) is 11.5 Å². The third-order valence-corrected chi connectivity index (χ3v) is 5.67. The first-order chi connectivity index (χ1) is 11.7. The van der Waals surface area contributed by atoms with Crippen molar-refractivity contribution < 1.29 is 14.3 Å². The molecule has 1 saturated heterocycles. The van der Waals surface area contributed by atoms with Gasteiger partial charge in [0.1, 0.15) is 5.37 Å². The van der Waals surface area contributed by atoms with E-state index in [2.05, 4.69) is 0 Å². The van der Waals surface area contributed by atoms with E-state index in [1.54, 1.807) is 11.8 Å². The average molecular weight is 362 g/mol. The zero-order valence-electron chi connectivity index (χ0n) is 12.9. The number of halogens is 1. The second kappa shape index (κ2) is 6.57. The van der Waals surface area contributed by atoms with Crippen LogP contribution in [0.2, 0.25) is 5.02 Å². The minimum absolute atomic E-state index is 0.0591. The Morgan fingerprint density at radius 3 is 2.79 bits per heavy atom. The molecule has 2 aromatic carbocycles. The van der Waals surface area contributed by atoms with Gasteiger partial charge in [0.2, 0.25) is 12.7 Å². The standard InChI is InChI=1S/C18H16ClNO3S/c19-14-4-2-13(3-5-14)18-20(7-8-24-18)17(21)10-12-1-6-15-16(9-12)23-11-22-15/h1-6,9,18H,7-8,10-11H2. The number of nitrogens with zero attached hydrogens (tertiary/aromatic N) is 1. The largest absolute Gasteiger partial charge is 0.454 e. The Labute approximate surface area is 149 Å². The van der Waals surface area contributed by atoms with Gasteiger partial charge in [-0.05, 0) is 35.4 Å². The average Bonchev–Trinajstić information content (AvgIpc) is 3.24. The molecule has 0 saturated carbocycles. The van der Waals surface area contributed by atoms with Gasteiger partial charge >= 0.3 is 0 Å². The summed E-state index contributed by atoms with van der Waals surface area (Å²) in [4.78, 5) is 14.7. The lowest BCUT2D eigenvalue weighted by molar-refractivity contribution is -0.130. The summed E-state index contributed by atoms with van der Waals surface area (Å²) in [5.41, 5.74) is 2.05. The van der Waals surface area contributed by atoms with Gasteiger partial charge in [0, 0.05) is 17.3 Å². The molecule has 124 valence electrons. The zero-order valence-corrected chi connectivity index (χ0v) is 14.5. The molecule has 0 aromatic heterocycles. The van der Waals surface area contributed by atoms with Crippen LogP contribution in [0.15, 0.2) is 42.5 Å². The Morgan fingerprint density at radius 2 is 1.96 bits per heavy atom. The van der Waals surface area contributed by atoms with E-state index >= 15 is 0 Å². The normalized spacial score (nSPS) is 18.9. The fourth-order valence-corrected chi connectivity index (χ4v) is 4.36. The highest BCUT2D eigenvalue weighted by atomic mass is 35.5. The van der Waals surface area contributed by atoms with Crippen LogP contribution < -0.4 is 9.47 Å². The van der Waals surface area contributed by atoms with Gasteiger partial charge in [-0.25, -0.2) is 0 Å². The van der Waals surface area contributed by atoms with Crippen LogP contribution in [0.25, 0.3) is 0 Å². The Hall–Kier alpha value is -1.85. The lowest BCUT2D eigenvalue weighted by Crippen LogP contribution is -2.31. The number of amides is 1. The van der Waals surface area contributed by atoms with Gasteiger partial charge < -0.3 is 14.4 Å². The summed E-state index contributed by atoms with van der Waals surface area (Å²) in [5.74, 6) is 2.52. The lowest BCUT2D eigenvalue weighted by Gasteiger charge is -2.24. The summed E-state index contributed by atoms with van der Waals surface area (Å²) in [7, 11) is 0. The number of thioether (sulfide) groups is 1. The first-order valence-electron chi connectivity index (χ1n) is 7.76. The zero-order chi connectivity index (χ0) is 16.5. The fourth-order valence-electron chi connectivity index (χ4n) is 2.96. The second-order valence-electron chi connectivity index (χ2n) is 5.73. The summed E-state index contributed by atoms with van der Waals surface area (Å²) in [5, 5.41) is 0.767. The van der Waals surface area contributed by atoms with Crippen molar-refractivity contribution in [1.82, 2.24) is 4.90 Å². The van der Waals surface area contributed by atoms with Gasteiger partial charge in [-0.3, -0.25) is 4.79 Å². The van der Waals surface area contributed by atoms with Crippen LogP contribution in [-0.2, 0) is 11.2 Å².